The van der Waals surface area contributed by atoms with E-state index in [2.05, 4.69) is 25.5 Å². The van der Waals surface area contributed by atoms with Crippen LogP contribution < -0.4 is 14.5 Å². The predicted molar refractivity (Wildman–Crippen MR) is 127 cm³/mol. The average Bonchev–Trinajstić information content (AvgIpc) is 3.18. The Balaban J connectivity index is 1.38. The number of cyclic esters (lactones) is 1. The van der Waals surface area contributed by atoms with E-state index < -0.39 is 28.0 Å². The summed E-state index contributed by atoms with van der Waals surface area (Å²) in [6.45, 7) is 8.47. The molecule has 2 aromatic carbocycles. The van der Waals surface area contributed by atoms with Crippen molar-refractivity contribution in [1.29, 1.82) is 0 Å². The number of halogens is 1. The molecule has 2 aliphatic heterocycles. The third kappa shape index (κ3) is 5.34. The van der Waals surface area contributed by atoms with Gasteiger partial charge in [-0.2, -0.15) is 0 Å². The lowest BCUT2D eigenvalue weighted by atomic mass is 9.87. The van der Waals surface area contributed by atoms with Gasteiger partial charge in [-0.1, -0.05) is 32.9 Å². The average molecular weight is 492 g/mol. The topological polar surface area (TPSA) is 88.2 Å². The zero-order valence-electron chi connectivity index (χ0n) is 19.6. The van der Waals surface area contributed by atoms with Gasteiger partial charge in [-0.3, -0.25) is 4.90 Å². The molecular formula is C24H30FN3O5S. The highest BCUT2D eigenvalue weighted by molar-refractivity contribution is 7.89. The van der Waals surface area contributed by atoms with E-state index in [4.69, 9.17) is 9.47 Å². The van der Waals surface area contributed by atoms with Crippen LogP contribution in [0.3, 0.4) is 0 Å². The number of morpholine rings is 1. The zero-order valence-corrected chi connectivity index (χ0v) is 20.4. The molecule has 2 aromatic rings. The lowest BCUT2D eigenvalue weighted by molar-refractivity contribution is 0.122. The van der Waals surface area contributed by atoms with E-state index in [1.165, 1.54) is 11.0 Å². The smallest absolute Gasteiger partial charge is 0.414 e. The number of nitrogens with one attached hydrogen (secondary N) is 1. The molecule has 2 fully saturated rings. The first-order valence-electron chi connectivity index (χ1n) is 11.3. The lowest BCUT2D eigenvalue weighted by Gasteiger charge is -2.29. The quantitative estimate of drug-likeness (QED) is 0.668. The second-order valence-corrected chi connectivity index (χ2v) is 11.2. The molecule has 0 bridgehead atoms. The summed E-state index contributed by atoms with van der Waals surface area (Å²) >= 11 is 0. The Kier molecular flexibility index (Phi) is 6.84. The maximum atomic E-state index is 14.8. The molecule has 2 aliphatic rings. The zero-order chi connectivity index (χ0) is 24.5. The summed E-state index contributed by atoms with van der Waals surface area (Å²) in [5.74, 6) is -0.435. The van der Waals surface area contributed by atoms with Gasteiger partial charge >= 0.3 is 6.09 Å². The molecule has 8 nitrogen and oxygen atoms in total. The van der Waals surface area contributed by atoms with Crippen molar-refractivity contribution in [2.24, 2.45) is 0 Å². The number of hydrogen-bond donors (Lipinski definition) is 1. The normalized spacial score (nSPS) is 19.4. The van der Waals surface area contributed by atoms with E-state index in [0.717, 1.165) is 5.56 Å². The predicted octanol–water partition coefficient (Wildman–Crippen LogP) is 3.26. The summed E-state index contributed by atoms with van der Waals surface area (Å²) in [5.41, 5.74) is 1.76. The summed E-state index contributed by atoms with van der Waals surface area (Å²) in [4.78, 5) is 15.7. The minimum absolute atomic E-state index is 0.0834. The molecule has 2 saturated heterocycles. The molecule has 0 aromatic heterocycles. The number of carbonyl (C=O) groups is 1. The molecule has 34 heavy (non-hydrogen) atoms. The lowest BCUT2D eigenvalue weighted by Crippen LogP contribution is -2.37. The Labute approximate surface area is 199 Å². The molecular weight excluding hydrogens is 461 g/mol. The highest BCUT2D eigenvalue weighted by Crippen LogP contribution is 2.28. The first kappa shape index (κ1) is 24.4. The van der Waals surface area contributed by atoms with E-state index in [1.807, 2.05) is 4.90 Å². The number of amides is 1. The van der Waals surface area contributed by atoms with E-state index >= 15 is 0 Å². The summed E-state index contributed by atoms with van der Waals surface area (Å²) in [6.07, 6.45) is -1.34. The number of rotatable bonds is 6. The van der Waals surface area contributed by atoms with Gasteiger partial charge in [0.25, 0.3) is 0 Å². The molecule has 0 unspecified atom stereocenters. The fourth-order valence-electron chi connectivity index (χ4n) is 3.98. The summed E-state index contributed by atoms with van der Waals surface area (Å²) < 4.78 is 53.3. The summed E-state index contributed by atoms with van der Waals surface area (Å²) in [5, 5.41) is 0. The molecule has 0 spiro atoms. The van der Waals surface area contributed by atoms with Crippen LogP contribution in [-0.2, 0) is 24.9 Å². The number of hydrogen-bond acceptors (Lipinski definition) is 6. The first-order valence-corrected chi connectivity index (χ1v) is 12.7. The van der Waals surface area contributed by atoms with Crippen LogP contribution >= 0.6 is 0 Å². The molecule has 0 saturated carbocycles. The van der Waals surface area contributed by atoms with Crippen LogP contribution in [0.1, 0.15) is 26.3 Å². The van der Waals surface area contributed by atoms with Crippen LogP contribution in [-0.4, -0.2) is 60.0 Å². The van der Waals surface area contributed by atoms with Crippen LogP contribution in [0.15, 0.2) is 47.4 Å². The minimum Gasteiger partial charge on any atom is -0.443 e. The second-order valence-electron chi connectivity index (χ2n) is 9.48. The Morgan fingerprint density at radius 3 is 2.38 bits per heavy atom. The fraction of sp³-hybridized carbons (Fsp3) is 0.458. The van der Waals surface area contributed by atoms with Crippen molar-refractivity contribution < 1.29 is 27.1 Å². The fourth-order valence-corrected chi connectivity index (χ4v) is 5.05. The van der Waals surface area contributed by atoms with Gasteiger partial charge in [0.15, 0.2) is 0 Å². The maximum Gasteiger partial charge on any atom is 0.414 e. The van der Waals surface area contributed by atoms with Crippen molar-refractivity contribution in [2.45, 2.75) is 37.2 Å². The number of nitrogens with zero attached hydrogens (tertiary/aromatic N) is 2. The number of sulfonamides is 1. The molecule has 1 amide bonds. The van der Waals surface area contributed by atoms with Gasteiger partial charge < -0.3 is 14.4 Å². The van der Waals surface area contributed by atoms with E-state index in [0.29, 0.717) is 37.7 Å². The van der Waals surface area contributed by atoms with Crippen molar-refractivity contribution in [3.63, 3.8) is 0 Å². The highest BCUT2D eigenvalue weighted by atomic mass is 32.2. The number of anilines is 2. The van der Waals surface area contributed by atoms with Crippen LogP contribution in [0.4, 0.5) is 20.6 Å². The van der Waals surface area contributed by atoms with Crippen LogP contribution in [0.25, 0.3) is 0 Å². The van der Waals surface area contributed by atoms with Gasteiger partial charge in [-0.25, -0.2) is 22.3 Å². The molecule has 0 radical (unpaired) electrons. The van der Waals surface area contributed by atoms with Crippen molar-refractivity contribution in [3.05, 3.63) is 53.8 Å². The highest BCUT2D eigenvalue weighted by Gasteiger charge is 2.34. The number of benzene rings is 2. The van der Waals surface area contributed by atoms with Gasteiger partial charge in [-0.05, 0) is 41.3 Å². The van der Waals surface area contributed by atoms with Crippen LogP contribution in [0, 0.1) is 5.82 Å². The Bertz CT molecular complexity index is 1140. The van der Waals surface area contributed by atoms with Crippen molar-refractivity contribution in [1.82, 2.24) is 4.72 Å². The largest absolute Gasteiger partial charge is 0.443 e. The SMILES string of the molecule is CC(C)(C)c1ccc(S(=O)(=O)NC[C@H]2CN(c3ccc(N4CCOCC4)c(F)c3)C(=O)O2)cc1. The third-order valence-corrected chi connectivity index (χ3v) is 7.44. The molecule has 2 heterocycles. The van der Waals surface area contributed by atoms with Gasteiger partial charge in [0.05, 0.1) is 36.0 Å². The third-order valence-electron chi connectivity index (χ3n) is 6.00. The molecule has 1 N–H and O–H groups in total. The standard InChI is InChI=1S/C24H30FN3O5S/c1-24(2,3)17-4-7-20(8-5-17)34(30,31)26-15-19-16-28(23(29)33-19)18-6-9-22(21(25)14-18)27-10-12-32-13-11-27/h4-9,14,19,26H,10-13,15-16H2,1-3H3/t19-/m0/s1. The molecule has 10 heteroatoms. The van der Waals surface area contributed by atoms with Crippen molar-refractivity contribution in [3.8, 4) is 0 Å². The summed E-state index contributed by atoms with van der Waals surface area (Å²) in [6, 6.07) is 11.3. The van der Waals surface area contributed by atoms with E-state index in [9.17, 15) is 17.6 Å². The van der Waals surface area contributed by atoms with Crippen molar-refractivity contribution >= 4 is 27.5 Å². The first-order chi connectivity index (χ1) is 16.0. The Hall–Kier alpha value is -2.69. The van der Waals surface area contributed by atoms with E-state index in [-0.39, 0.29) is 23.4 Å². The van der Waals surface area contributed by atoms with Gasteiger partial charge in [-0.15, -0.1) is 0 Å². The van der Waals surface area contributed by atoms with Crippen LogP contribution in [0.5, 0.6) is 0 Å². The maximum absolute atomic E-state index is 14.8. The molecule has 184 valence electrons. The molecule has 4 rings (SSSR count). The Morgan fingerprint density at radius 2 is 1.76 bits per heavy atom. The number of carbonyl (C=O) groups excluding carboxylic acids is 1. The van der Waals surface area contributed by atoms with Gasteiger partial charge in [0, 0.05) is 19.6 Å². The van der Waals surface area contributed by atoms with Gasteiger partial charge in [0.2, 0.25) is 10.0 Å². The monoisotopic (exact) mass is 491 g/mol. The van der Waals surface area contributed by atoms with Crippen LogP contribution in [0.2, 0.25) is 0 Å². The Morgan fingerprint density at radius 1 is 1.09 bits per heavy atom. The molecule has 0 aliphatic carbocycles. The minimum atomic E-state index is -3.77. The number of ether oxygens (including phenoxy) is 2. The summed E-state index contributed by atoms with van der Waals surface area (Å²) in [7, 11) is -3.77. The van der Waals surface area contributed by atoms with Gasteiger partial charge in [0.1, 0.15) is 11.9 Å². The molecule has 1 atom stereocenters. The second kappa shape index (κ2) is 9.52. The van der Waals surface area contributed by atoms with Crippen molar-refractivity contribution in [2.75, 3.05) is 49.2 Å². The van der Waals surface area contributed by atoms with E-state index in [1.54, 1.807) is 36.4 Å².